The molecule has 1 atom stereocenters. The van der Waals surface area contributed by atoms with Gasteiger partial charge in [-0.15, -0.1) is 11.6 Å². The Labute approximate surface area is 213 Å². The van der Waals surface area contributed by atoms with Gasteiger partial charge in [0, 0.05) is 44.7 Å². The minimum absolute atomic E-state index is 0.00871. The monoisotopic (exact) mass is 505 g/mol. The Morgan fingerprint density at radius 2 is 1.89 bits per heavy atom. The summed E-state index contributed by atoms with van der Waals surface area (Å²) < 4.78 is 20.6. The fourth-order valence-electron chi connectivity index (χ4n) is 4.69. The summed E-state index contributed by atoms with van der Waals surface area (Å²) in [6.45, 7) is 3.65. The maximum absolute atomic E-state index is 13.7. The van der Waals surface area contributed by atoms with Crippen molar-refractivity contribution in [3.05, 3.63) is 59.7 Å². The van der Waals surface area contributed by atoms with Crippen molar-refractivity contribution in [2.45, 2.75) is 70.0 Å². The number of nitrogens with zero attached hydrogens (tertiary/aromatic N) is 3. The number of alkyl halides is 1. The van der Waals surface area contributed by atoms with Crippen molar-refractivity contribution >= 4 is 23.4 Å². The molecule has 1 unspecified atom stereocenters. The van der Waals surface area contributed by atoms with E-state index in [1.165, 1.54) is 18.6 Å². The van der Waals surface area contributed by atoms with Crippen molar-refractivity contribution in [2.75, 3.05) is 26.8 Å². The molecule has 8 heteroatoms. The molecule has 1 aromatic carbocycles. The molecule has 2 amide bonds. The van der Waals surface area contributed by atoms with Crippen LogP contribution in [-0.4, -0.2) is 64.4 Å². The number of benzene rings is 1. The van der Waals surface area contributed by atoms with Gasteiger partial charge in [-0.05, 0) is 56.0 Å². The second kappa shape index (κ2) is 13.6. The second-order valence-electron chi connectivity index (χ2n) is 9.29. The molecule has 192 valence electrons. The Bertz CT molecular complexity index is 941. The number of hydrogen-bond acceptors (Lipinski definition) is 3. The first-order valence-corrected chi connectivity index (χ1v) is 12.9. The molecule has 0 N–H and O–H groups in total. The fraction of sp³-hybridized carbons (Fsp3) is 0.556. The Kier molecular flexibility index (Phi) is 10.6. The summed E-state index contributed by atoms with van der Waals surface area (Å²) in [7, 11) is 1.62. The number of carbonyl (C=O) groups excluding carboxylic acids is 2. The van der Waals surface area contributed by atoms with Gasteiger partial charge in [0.05, 0.1) is 13.1 Å². The second-order valence-corrected chi connectivity index (χ2v) is 9.94. The molecule has 0 aliphatic heterocycles. The van der Waals surface area contributed by atoms with Crippen molar-refractivity contribution < 1.29 is 18.7 Å². The van der Waals surface area contributed by atoms with E-state index in [9.17, 15) is 14.0 Å². The number of amides is 2. The summed E-state index contributed by atoms with van der Waals surface area (Å²) in [6, 6.07) is 10.6. The van der Waals surface area contributed by atoms with Crippen molar-refractivity contribution in [3.63, 3.8) is 0 Å². The van der Waals surface area contributed by atoms with Crippen LogP contribution < -0.4 is 0 Å². The number of carbonyl (C=O) groups is 2. The summed E-state index contributed by atoms with van der Waals surface area (Å²) in [5.74, 6) is -0.555. The van der Waals surface area contributed by atoms with E-state index in [1.807, 2.05) is 23.2 Å². The SMILES string of the molecule is COCCCN(CC(=O)N(Cc1cccn1Cc1ccc(F)cc1)C1CCCCC1)C(=O)C(C)Cl. The maximum Gasteiger partial charge on any atom is 0.242 e. The first kappa shape index (κ1) is 27.2. The normalized spacial score (nSPS) is 15.1. The first-order chi connectivity index (χ1) is 16.9. The van der Waals surface area contributed by atoms with Gasteiger partial charge in [0.1, 0.15) is 11.2 Å². The molecule has 1 saturated carbocycles. The summed E-state index contributed by atoms with van der Waals surface area (Å²) in [5, 5.41) is -0.693. The molecule has 0 spiro atoms. The third-order valence-corrected chi connectivity index (χ3v) is 6.80. The van der Waals surface area contributed by atoms with Crippen molar-refractivity contribution in [2.24, 2.45) is 0 Å². The smallest absolute Gasteiger partial charge is 0.242 e. The lowest BCUT2D eigenvalue weighted by molar-refractivity contribution is -0.142. The third kappa shape index (κ3) is 8.07. The molecule has 3 rings (SSSR count). The van der Waals surface area contributed by atoms with Gasteiger partial charge in [-0.3, -0.25) is 9.59 Å². The molecule has 35 heavy (non-hydrogen) atoms. The standard InChI is InChI=1S/C27H37ClFN3O3/c1-21(28)27(34)31(16-7-17-35-2)20-26(33)32(24-8-4-3-5-9-24)19-25-10-6-15-30(25)18-22-11-13-23(29)14-12-22/h6,10-15,21,24H,3-5,7-9,16-20H2,1-2H3. The van der Waals surface area contributed by atoms with Crippen LogP contribution >= 0.6 is 11.6 Å². The Balaban J connectivity index is 1.77. The molecular formula is C27H37ClFN3O3. The van der Waals surface area contributed by atoms with Crippen LogP contribution in [0.25, 0.3) is 0 Å². The van der Waals surface area contributed by atoms with Gasteiger partial charge < -0.3 is 19.1 Å². The van der Waals surface area contributed by atoms with E-state index in [-0.39, 0.29) is 30.2 Å². The van der Waals surface area contributed by atoms with E-state index >= 15 is 0 Å². The molecule has 6 nitrogen and oxygen atoms in total. The maximum atomic E-state index is 13.7. The predicted octanol–water partition coefficient (Wildman–Crippen LogP) is 4.83. The lowest BCUT2D eigenvalue weighted by Gasteiger charge is -2.36. The minimum Gasteiger partial charge on any atom is -0.385 e. The van der Waals surface area contributed by atoms with Crippen LogP contribution in [0.15, 0.2) is 42.6 Å². The quantitative estimate of drug-likeness (QED) is 0.307. The van der Waals surface area contributed by atoms with E-state index in [2.05, 4.69) is 4.57 Å². The zero-order valence-corrected chi connectivity index (χ0v) is 21.6. The Hall–Kier alpha value is -2.38. The van der Waals surface area contributed by atoms with Gasteiger partial charge in [-0.1, -0.05) is 31.4 Å². The van der Waals surface area contributed by atoms with Crippen LogP contribution in [0.5, 0.6) is 0 Å². The van der Waals surface area contributed by atoms with Crippen LogP contribution in [-0.2, 0) is 27.4 Å². The molecule has 0 radical (unpaired) electrons. The van der Waals surface area contributed by atoms with Crippen LogP contribution in [0.2, 0.25) is 0 Å². The van der Waals surface area contributed by atoms with Gasteiger partial charge >= 0.3 is 0 Å². The van der Waals surface area contributed by atoms with Crippen LogP contribution in [0.1, 0.15) is 56.7 Å². The lowest BCUT2D eigenvalue weighted by atomic mass is 9.94. The molecule has 1 aliphatic carbocycles. The molecule has 1 heterocycles. The average molecular weight is 506 g/mol. The highest BCUT2D eigenvalue weighted by atomic mass is 35.5. The van der Waals surface area contributed by atoms with Crippen molar-refractivity contribution in [3.8, 4) is 0 Å². The van der Waals surface area contributed by atoms with Gasteiger partial charge in [-0.25, -0.2) is 4.39 Å². The summed E-state index contributed by atoms with van der Waals surface area (Å²) in [4.78, 5) is 29.9. The molecule has 1 aliphatic rings. The van der Waals surface area contributed by atoms with Crippen LogP contribution in [0.3, 0.4) is 0 Å². The van der Waals surface area contributed by atoms with E-state index in [0.717, 1.165) is 36.9 Å². The third-order valence-electron chi connectivity index (χ3n) is 6.61. The van der Waals surface area contributed by atoms with Gasteiger partial charge in [-0.2, -0.15) is 0 Å². The summed E-state index contributed by atoms with van der Waals surface area (Å²) in [5.41, 5.74) is 2.00. The fourth-order valence-corrected chi connectivity index (χ4v) is 4.83. The molecule has 2 aromatic rings. The number of halogens is 2. The zero-order chi connectivity index (χ0) is 25.2. The predicted molar refractivity (Wildman–Crippen MR) is 136 cm³/mol. The van der Waals surface area contributed by atoms with E-state index < -0.39 is 5.38 Å². The molecule has 0 saturated heterocycles. The van der Waals surface area contributed by atoms with Gasteiger partial charge in [0.2, 0.25) is 11.8 Å². The van der Waals surface area contributed by atoms with E-state index in [0.29, 0.717) is 32.7 Å². The van der Waals surface area contributed by atoms with Gasteiger partial charge in [0.15, 0.2) is 0 Å². The van der Waals surface area contributed by atoms with Crippen LogP contribution in [0, 0.1) is 5.82 Å². The first-order valence-electron chi connectivity index (χ1n) is 12.5. The number of ether oxygens (including phenoxy) is 1. The number of methoxy groups -OCH3 is 1. The van der Waals surface area contributed by atoms with Crippen molar-refractivity contribution in [1.29, 1.82) is 0 Å². The Morgan fingerprint density at radius 1 is 1.17 bits per heavy atom. The van der Waals surface area contributed by atoms with Crippen molar-refractivity contribution in [1.82, 2.24) is 14.4 Å². The number of rotatable bonds is 12. The molecule has 1 fully saturated rings. The highest BCUT2D eigenvalue weighted by Gasteiger charge is 2.29. The molecular weight excluding hydrogens is 469 g/mol. The lowest BCUT2D eigenvalue weighted by Crippen LogP contribution is -2.49. The average Bonchev–Trinajstić information content (AvgIpc) is 3.29. The highest BCUT2D eigenvalue weighted by molar-refractivity contribution is 6.30. The Morgan fingerprint density at radius 3 is 2.54 bits per heavy atom. The summed E-state index contributed by atoms with van der Waals surface area (Å²) in [6.07, 6.45) is 7.94. The minimum atomic E-state index is -0.693. The number of aromatic nitrogens is 1. The van der Waals surface area contributed by atoms with Gasteiger partial charge in [0.25, 0.3) is 0 Å². The van der Waals surface area contributed by atoms with E-state index in [1.54, 1.807) is 31.1 Å². The zero-order valence-electron chi connectivity index (χ0n) is 20.8. The highest BCUT2D eigenvalue weighted by Crippen LogP contribution is 2.25. The molecule has 1 aromatic heterocycles. The summed E-state index contributed by atoms with van der Waals surface area (Å²) >= 11 is 6.10. The number of hydrogen-bond donors (Lipinski definition) is 0. The largest absolute Gasteiger partial charge is 0.385 e. The van der Waals surface area contributed by atoms with Crippen LogP contribution in [0.4, 0.5) is 4.39 Å². The topological polar surface area (TPSA) is 54.8 Å². The molecule has 0 bridgehead atoms. The van der Waals surface area contributed by atoms with E-state index in [4.69, 9.17) is 16.3 Å².